The fourth-order valence-corrected chi connectivity index (χ4v) is 2.46. The summed E-state index contributed by atoms with van der Waals surface area (Å²) in [6.45, 7) is 4.37. The lowest BCUT2D eigenvalue weighted by molar-refractivity contribution is 0.0398. The van der Waals surface area contributed by atoms with E-state index in [2.05, 4.69) is 10.2 Å². The van der Waals surface area contributed by atoms with Gasteiger partial charge < -0.3 is 10.4 Å². The lowest BCUT2D eigenvalue weighted by Crippen LogP contribution is -2.50. The highest BCUT2D eigenvalue weighted by molar-refractivity contribution is 4.82. The number of hydrogen-bond donors (Lipinski definition) is 2. The number of rotatable bonds is 1. The van der Waals surface area contributed by atoms with Crippen LogP contribution in [0, 0.1) is 0 Å². The SMILES string of the molecule is O[C@H]1CCCN(C2CCCNC2)C1. The monoisotopic (exact) mass is 184 g/mol. The van der Waals surface area contributed by atoms with Crippen molar-refractivity contribution in [1.82, 2.24) is 10.2 Å². The predicted molar refractivity (Wildman–Crippen MR) is 52.7 cm³/mol. The van der Waals surface area contributed by atoms with Crippen molar-refractivity contribution in [3.05, 3.63) is 0 Å². The Kier molecular flexibility index (Phi) is 3.19. The van der Waals surface area contributed by atoms with Gasteiger partial charge in [-0.25, -0.2) is 0 Å². The normalized spacial score (nSPS) is 37.6. The minimum Gasteiger partial charge on any atom is -0.392 e. The van der Waals surface area contributed by atoms with E-state index in [0.717, 1.165) is 25.9 Å². The lowest BCUT2D eigenvalue weighted by atomic mass is 10.0. The maximum atomic E-state index is 9.55. The molecule has 3 nitrogen and oxygen atoms in total. The molecule has 2 N–H and O–H groups in total. The Morgan fingerprint density at radius 1 is 1.23 bits per heavy atom. The zero-order chi connectivity index (χ0) is 9.10. The van der Waals surface area contributed by atoms with Crippen molar-refractivity contribution in [2.24, 2.45) is 0 Å². The predicted octanol–water partition coefficient (Wildman–Crippen LogP) is 0.195. The molecule has 2 heterocycles. The van der Waals surface area contributed by atoms with Gasteiger partial charge in [-0.05, 0) is 38.8 Å². The molecule has 2 aliphatic rings. The van der Waals surface area contributed by atoms with E-state index in [-0.39, 0.29) is 6.10 Å². The Morgan fingerprint density at radius 3 is 2.85 bits per heavy atom. The number of nitrogens with zero attached hydrogens (tertiary/aromatic N) is 1. The second-order valence-electron chi connectivity index (χ2n) is 4.29. The van der Waals surface area contributed by atoms with Crippen LogP contribution in [0.1, 0.15) is 25.7 Å². The summed E-state index contributed by atoms with van der Waals surface area (Å²) in [5.41, 5.74) is 0. The minimum atomic E-state index is -0.0734. The standard InChI is InChI=1S/C10H20N2O/c13-10-4-2-6-12(8-10)9-3-1-5-11-7-9/h9-11,13H,1-8H2/t9?,10-/m0/s1. The summed E-state index contributed by atoms with van der Waals surface area (Å²) in [5.74, 6) is 0. The van der Waals surface area contributed by atoms with Crippen LogP contribution in [-0.4, -0.2) is 48.3 Å². The number of aliphatic hydroxyl groups excluding tert-OH is 1. The van der Waals surface area contributed by atoms with Gasteiger partial charge in [-0.1, -0.05) is 0 Å². The fraction of sp³-hybridized carbons (Fsp3) is 1.00. The van der Waals surface area contributed by atoms with Crippen LogP contribution in [-0.2, 0) is 0 Å². The molecule has 0 aromatic rings. The van der Waals surface area contributed by atoms with E-state index in [1.54, 1.807) is 0 Å². The molecular weight excluding hydrogens is 164 g/mol. The summed E-state index contributed by atoms with van der Waals surface area (Å²) in [6, 6.07) is 0.684. The first-order chi connectivity index (χ1) is 6.36. The average Bonchev–Trinajstić information content (AvgIpc) is 2.19. The van der Waals surface area contributed by atoms with Gasteiger partial charge in [0.1, 0.15) is 0 Å². The van der Waals surface area contributed by atoms with Gasteiger partial charge in [-0.3, -0.25) is 4.90 Å². The molecule has 0 bridgehead atoms. The first kappa shape index (κ1) is 9.44. The van der Waals surface area contributed by atoms with Crippen LogP contribution in [0.15, 0.2) is 0 Å². The van der Waals surface area contributed by atoms with Gasteiger partial charge in [0.2, 0.25) is 0 Å². The summed E-state index contributed by atoms with van der Waals surface area (Å²) < 4.78 is 0. The molecule has 2 fully saturated rings. The van der Waals surface area contributed by atoms with Crippen LogP contribution < -0.4 is 5.32 Å². The first-order valence-electron chi connectivity index (χ1n) is 5.49. The highest BCUT2D eigenvalue weighted by Crippen LogP contribution is 2.16. The smallest absolute Gasteiger partial charge is 0.0667 e. The molecule has 2 atom stereocenters. The Hall–Kier alpha value is -0.120. The number of piperidine rings is 2. The average molecular weight is 184 g/mol. The molecule has 1 unspecified atom stereocenters. The van der Waals surface area contributed by atoms with Crippen LogP contribution in [0.5, 0.6) is 0 Å². The lowest BCUT2D eigenvalue weighted by Gasteiger charge is -2.38. The molecule has 0 radical (unpaired) electrons. The van der Waals surface area contributed by atoms with E-state index >= 15 is 0 Å². The molecule has 76 valence electrons. The molecule has 0 spiro atoms. The molecule has 13 heavy (non-hydrogen) atoms. The van der Waals surface area contributed by atoms with Crippen molar-refractivity contribution in [2.75, 3.05) is 26.2 Å². The Morgan fingerprint density at radius 2 is 2.15 bits per heavy atom. The van der Waals surface area contributed by atoms with Gasteiger partial charge in [0.25, 0.3) is 0 Å². The zero-order valence-corrected chi connectivity index (χ0v) is 8.21. The second-order valence-corrected chi connectivity index (χ2v) is 4.29. The maximum absolute atomic E-state index is 9.55. The number of likely N-dealkylation sites (tertiary alicyclic amines) is 1. The van der Waals surface area contributed by atoms with Crippen molar-refractivity contribution in [2.45, 2.75) is 37.8 Å². The summed E-state index contributed by atoms with van der Waals surface area (Å²) in [6.07, 6.45) is 4.68. The summed E-state index contributed by atoms with van der Waals surface area (Å²) in [7, 11) is 0. The molecule has 0 aliphatic carbocycles. The third-order valence-corrected chi connectivity index (χ3v) is 3.22. The van der Waals surface area contributed by atoms with Crippen LogP contribution in [0.25, 0.3) is 0 Å². The second kappa shape index (κ2) is 4.40. The molecule has 0 saturated carbocycles. The van der Waals surface area contributed by atoms with E-state index in [4.69, 9.17) is 0 Å². The molecule has 0 aromatic carbocycles. The number of nitrogens with one attached hydrogen (secondary N) is 1. The van der Waals surface area contributed by atoms with Gasteiger partial charge in [0, 0.05) is 19.1 Å². The highest BCUT2D eigenvalue weighted by atomic mass is 16.3. The van der Waals surface area contributed by atoms with E-state index in [9.17, 15) is 5.11 Å². The maximum Gasteiger partial charge on any atom is 0.0667 e. The molecule has 0 amide bonds. The van der Waals surface area contributed by atoms with Gasteiger partial charge in [-0.2, -0.15) is 0 Å². The topological polar surface area (TPSA) is 35.5 Å². The van der Waals surface area contributed by atoms with E-state index in [0.29, 0.717) is 6.04 Å². The number of hydrogen-bond acceptors (Lipinski definition) is 3. The van der Waals surface area contributed by atoms with Crippen molar-refractivity contribution in [1.29, 1.82) is 0 Å². The third kappa shape index (κ3) is 2.42. The van der Waals surface area contributed by atoms with Crippen LogP contribution >= 0.6 is 0 Å². The molecule has 3 heteroatoms. The largest absolute Gasteiger partial charge is 0.392 e. The Labute approximate surface area is 80.1 Å². The van der Waals surface area contributed by atoms with Crippen molar-refractivity contribution >= 4 is 0 Å². The molecule has 0 aromatic heterocycles. The molecule has 2 aliphatic heterocycles. The van der Waals surface area contributed by atoms with Gasteiger partial charge in [0.05, 0.1) is 6.10 Å². The van der Waals surface area contributed by atoms with Crippen LogP contribution in [0.3, 0.4) is 0 Å². The van der Waals surface area contributed by atoms with Crippen LogP contribution in [0.4, 0.5) is 0 Å². The highest BCUT2D eigenvalue weighted by Gasteiger charge is 2.25. The third-order valence-electron chi connectivity index (χ3n) is 3.22. The van der Waals surface area contributed by atoms with E-state index < -0.39 is 0 Å². The summed E-state index contributed by atoms with van der Waals surface area (Å²) in [5, 5.41) is 13.0. The quantitative estimate of drug-likeness (QED) is 0.611. The number of aliphatic hydroxyl groups is 1. The van der Waals surface area contributed by atoms with Crippen molar-refractivity contribution in [3.63, 3.8) is 0 Å². The van der Waals surface area contributed by atoms with Crippen molar-refractivity contribution < 1.29 is 5.11 Å². The number of β-amino-alcohol motifs (C(OH)–C–C–N with tert-alkyl or cyclic N) is 1. The van der Waals surface area contributed by atoms with Crippen molar-refractivity contribution in [3.8, 4) is 0 Å². The van der Waals surface area contributed by atoms with Crippen LogP contribution in [0.2, 0.25) is 0 Å². The molecule has 2 rings (SSSR count). The minimum absolute atomic E-state index is 0.0734. The fourth-order valence-electron chi connectivity index (χ4n) is 2.46. The van der Waals surface area contributed by atoms with E-state index in [1.807, 2.05) is 0 Å². The van der Waals surface area contributed by atoms with Gasteiger partial charge >= 0.3 is 0 Å². The summed E-state index contributed by atoms with van der Waals surface area (Å²) >= 11 is 0. The van der Waals surface area contributed by atoms with Gasteiger partial charge in [-0.15, -0.1) is 0 Å². The zero-order valence-electron chi connectivity index (χ0n) is 8.21. The Balaban J connectivity index is 1.83. The molecule has 2 saturated heterocycles. The Bertz CT molecular complexity index is 157. The first-order valence-corrected chi connectivity index (χ1v) is 5.49. The summed E-state index contributed by atoms with van der Waals surface area (Å²) in [4.78, 5) is 2.46. The van der Waals surface area contributed by atoms with Gasteiger partial charge in [0.15, 0.2) is 0 Å². The van der Waals surface area contributed by atoms with E-state index in [1.165, 1.54) is 25.9 Å². The molecular formula is C10H20N2O.